The number of likely N-dealkylation sites (N-methyl/N-ethyl adjacent to an activating group) is 1. The Morgan fingerprint density at radius 3 is 2.67 bits per heavy atom. The zero-order valence-corrected chi connectivity index (χ0v) is 23.7. The molecule has 3 heterocycles. The molecular weight excluding hydrogens is 545 g/mol. The van der Waals surface area contributed by atoms with Gasteiger partial charge in [-0.05, 0) is 55.7 Å². The first-order valence-electron chi connectivity index (χ1n) is 13.8. The number of allylic oxidation sites excluding steroid dienone is 3. The molecule has 0 saturated carbocycles. The van der Waals surface area contributed by atoms with E-state index in [0.717, 1.165) is 19.2 Å². The van der Waals surface area contributed by atoms with Crippen LogP contribution in [0.25, 0.3) is 11.0 Å². The van der Waals surface area contributed by atoms with Crippen LogP contribution < -0.4 is 11.1 Å². The van der Waals surface area contributed by atoms with E-state index in [4.69, 9.17) is 5.73 Å². The Balaban J connectivity index is 1.35. The molecule has 9 nitrogen and oxygen atoms in total. The molecule has 2 aliphatic rings. The lowest BCUT2D eigenvalue weighted by molar-refractivity contribution is -0.138. The minimum absolute atomic E-state index is 0.0250. The molecule has 1 saturated heterocycles. The van der Waals surface area contributed by atoms with Crippen LogP contribution in [-0.2, 0) is 19.3 Å². The van der Waals surface area contributed by atoms with Crippen molar-refractivity contribution in [1.29, 1.82) is 0 Å². The normalized spacial score (nSPS) is 19.8. The van der Waals surface area contributed by atoms with Gasteiger partial charge < -0.3 is 16.0 Å². The first-order valence-corrected chi connectivity index (χ1v) is 13.8. The smallest absolute Gasteiger partial charge is 0.383 e. The van der Waals surface area contributed by atoms with E-state index in [9.17, 15) is 18.0 Å². The van der Waals surface area contributed by atoms with Crippen molar-refractivity contribution >= 4 is 22.8 Å². The number of anilines is 1. The highest BCUT2D eigenvalue weighted by atomic mass is 19.4. The van der Waals surface area contributed by atoms with Gasteiger partial charge in [0.2, 0.25) is 0 Å². The Labute approximate surface area is 242 Å². The molecule has 0 spiro atoms. The molecule has 2 unspecified atom stereocenters. The number of aryl methyl sites for hydroxylation is 1. The number of alkyl halides is 3. The number of aromatic nitrogens is 4. The summed E-state index contributed by atoms with van der Waals surface area (Å²) < 4.78 is 43.7. The highest BCUT2D eigenvalue weighted by molar-refractivity contribution is 5.96. The first-order chi connectivity index (χ1) is 20.0. The lowest BCUT2D eigenvalue weighted by Crippen LogP contribution is -2.44. The molecule has 2 atom stereocenters. The van der Waals surface area contributed by atoms with Gasteiger partial charge in [0.05, 0.1) is 10.9 Å². The van der Waals surface area contributed by atoms with Crippen LogP contribution in [0.3, 0.4) is 0 Å². The SMILES string of the molecule is CCn1nc(C#CC2C=C(NC(=O)c3ccc(CN4CCN(C)CC4)c(C(F)(F)F)c3)C=CC2C)c2c(N)ncnc21. The number of benzene rings is 1. The van der Waals surface area contributed by atoms with Gasteiger partial charge in [-0.25, -0.2) is 14.6 Å². The molecule has 3 N–H and O–H groups in total. The van der Waals surface area contributed by atoms with E-state index >= 15 is 0 Å². The minimum Gasteiger partial charge on any atom is -0.383 e. The van der Waals surface area contributed by atoms with Crippen LogP contribution in [-0.4, -0.2) is 68.7 Å². The van der Waals surface area contributed by atoms with Gasteiger partial charge in [0, 0.05) is 56.4 Å². The van der Waals surface area contributed by atoms with E-state index in [1.54, 1.807) is 16.8 Å². The van der Waals surface area contributed by atoms with E-state index < -0.39 is 17.6 Å². The van der Waals surface area contributed by atoms with Gasteiger partial charge >= 0.3 is 6.18 Å². The third-order valence-corrected chi connectivity index (χ3v) is 7.65. The molecule has 0 bridgehead atoms. The number of hydrogen-bond acceptors (Lipinski definition) is 7. The summed E-state index contributed by atoms with van der Waals surface area (Å²) >= 11 is 0. The number of nitrogen functional groups attached to an aromatic ring is 1. The second-order valence-corrected chi connectivity index (χ2v) is 10.7. The quantitative estimate of drug-likeness (QED) is 0.445. The van der Waals surface area contributed by atoms with Gasteiger partial charge in [-0.2, -0.15) is 18.3 Å². The second-order valence-electron chi connectivity index (χ2n) is 10.7. The molecule has 1 aromatic carbocycles. The lowest BCUT2D eigenvalue weighted by atomic mass is 9.89. The molecule has 12 heteroatoms. The molecule has 1 aliphatic carbocycles. The Kier molecular flexibility index (Phi) is 8.34. The number of rotatable bonds is 5. The number of carbonyl (C=O) groups is 1. The number of carbonyl (C=O) groups excluding carboxylic acids is 1. The number of nitrogens with two attached hydrogens (primary N) is 1. The minimum atomic E-state index is -4.58. The number of halogens is 3. The Hall–Kier alpha value is -4.21. The molecule has 1 fully saturated rings. The zero-order valence-electron chi connectivity index (χ0n) is 23.7. The lowest BCUT2D eigenvalue weighted by Gasteiger charge is -2.33. The second kappa shape index (κ2) is 12.0. The van der Waals surface area contributed by atoms with Crippen molar-refractivity contribution in [3.8, 4) is 11.8 Å². The number of nitrogens with one attached hydrogen (secondary N) is 1. The van der Waals surface area contributed by atoms with Crippen molar-refractivity contribution < 1.29 is 18.0 Å². The average molecular weight is 579 g/mol. The molecular formula is C30H33F3N8O. The van der Waals surface area contributed by atoms with Crippen molar-refractivity contribution in [2.45, 2.75) is 33.1 Å². The molecule has 220 valence electrons. The fourth-order valence-electron chi connectivity index (χ4n) is 5.09. The van der Waals surface area contributed by atoms with Gasteiger partial charge in [0.1, 0.15) is 17.8 Å². The fraction of sp³-hybridized carbons (Fsp3) is 0.400. The third-order valence-electron chi connectivity index (χ3n) is 7.65. The van der Waals surface area contributed by atoms with E-state index in [1.165, 1.54) is 18.5 Å². The van der Waals surface area contributed by atoms with Crippen LogP contribution in [0.2, 0.25) is 0 Å². The number of nitrogens with zero attached hydrogens (tertiary/aromatic N) is 6. The first kappa shape index (κ1) is 29.3. The monoisotopic (exact) mass is 578 g/mol. The maximum absolute atomic E-state index is 14.0. The molecule has 1 amide bonds. The fourth-order valence-corrected chi connectivity index (χ4v) is 5.09. The standard InChI is InChI=1S/C30H33F3N8O/c1-4-41-28-26(27(34)35-18-36-28)25(38-41)10-8-20-15-23(9-5-19(20)2)37-29(42)21-6-7-22(24(16-21)30(31,32)33)17-40-13-11-39(3)12-14-40/h5-7,9,15-16,18-20H,4,11-14,17H2,1-3H3,(H,37,42)(H2,34,35,36). The summed E-state index contributed by atoms with van der Waals surface area (Å²) in [6.45, 7) is 7.67. The molecule has 3 aromatic rings. The van der Waals surface area contributed by atoms with Crippen molar-refractivity contribution in [3.05, 3.63) is 70.8 Å². The molecule has 1 aliphatic heterocycles. The van der Waals surface area contributed by atoms with E-state index in [1.807, 2.05) is 31.9 Å². The highest BCUT2D eigenvalue weighted by Crippen LogP contribution is 2.34. The summed E-state index contributed by atoms with van der Waals surface area (Å²) in [4.78, 5) is 25.5. The maximum atomic E-state index is 14.0. The van der Waals surface area contributed by atoms with Crippen LogP contribution in [0.5, 0.6) is 0 Å². The molecule has 42 heavy (non-hydrogen) atoms. The molecule has 5 rings (SSSR count). The predicted molar refractivity (Wildman–Crippen MR) is 154 cm³/mol. The van der Waals surface area contributed by atoms with Gasteiger partial charge in [-0.1, -0.05) is 25.0 Å². The summed E-state index contributed by atoms with van der Waals surface area (Å²) in [6, 6.07) is 3.80. The van der Waals surface area contributed by atoms with Crippen LogP contribution in [0.15, 0.2) is 48.5 Å². The third kappa shape index (κ3) is 6.32. The number of fused-ring (bicyclic) bond motifs is 1. The zero-order chi connectivity index (χ0) is 30.0. The highest BCUT2D eigenvalue weighted by Gasteiger charge is 2.34. The van der Waals surface area contributed by atoms with Crippen molar-refractivity contribution in [3.63, 3.8) is 0 Å². The van der Waals surface area contributed by atoms with E-state index in [-0.39, 0.29) is 35.3 Å². The van der Waals surface area contributed by atoms with Crippen LogP contribution in [0.4, 0.5) is 19.0 Å². The number of hydrogen-bond donors (Lipinski definition) is 2. The molecule has 0 radical (unpaired) electrons. The molecule has 2 aromatic heterocycles. The summed E-state index contributed by atoms with van der Waals surface area (Å²) in [5.41, 5.74) is 6.90. The summed E-state index contributed by atoms with van der Waals surface area (Å²) in [7, 11) is 1.99. The van der Waals surface area contributed by atoms with Crippen LogP contribution in [0.1, 0.15) is 41.0 Å². The number of piperazine rings is 1. The predicted octanol–water partition coefficient (Wildman–Crippen LogP) is 3.68. The summed E-state index contributed by atoms with van der Waals surface area (Å²) in [5.74, 6) is 5.69. The largest absolute Gasteiger partial charge is 0.416 e. The van der Waals surface area contributed by atoms with Crippen molar-refractivity contribution in [2.24, 2.45) is 11.8 Å². The van der Waals surface area contributed by atoms with Gasteiger partial charge in [0.25, 0.3) is 5.91 Å². The maximum Gasteiger partial charge on any atom is 0.416 e. The van der Waals surface area contributed by atoms with Gasteiger partial charge in [0.15, 0.2) is 5.65 Å². The summed E-state index contributed by atoms with van der Waals surface area (Å²) in [5, 5.41) is 7.84. The van der Waals surface area contributed by atoms with Crippen molar-refractivity contribution in [1.82, 2.24) is 34.9 Å². The Bertz CT molecular complexity index is 1610. The topological polar surface area (TPSA) is 105 Å². The van der Waals surface area contributed by atoms with E-state index in [0.29, 0.717) is 42.1 Å². The van der Waals surface area contributed by atoms with Gasteiger partial charge in [-0.15, -0.1) is 0 Å². The van der Waals surface area contributed by atoms with Gasteiger partial charge in [-0.3, -0.25) is 9.69 Å². The summed E-state index contributed by atoms with van der Waals surface area (Å²) in [6.07, 6.45) is 2.23. The van der Waals surface area contributed by atoms with Crippen LogP contribution in [0, 0.1) is 23.7 Å². The Morgan fingerprint density at radius 1 is 1.19 bits per heavy atom. The van der Waals surface area contributed by atoms with E-state index in [2.05, 4.69) is 37.1 Å². The Morgan fingerprint density at radius 2 is 1.95 bits per heavy atom. The van der Waals surface area contributed by atoms with Crippen molar-refractivity contribution in [2.75, 3.05) is 39.0 Å². The number of amides is 1. The van der Waals surface area contributed by atoms with Crippen LogP contribution >= 0.6 is 0 Å². The average Bonchev–Trinajstić information content (AvgIpc) is 3.33.